The minimum Gasteiger partial charge on any atom is -0.457 e. The zero-order valence-electron chi connectivity index (χ0n) is 8.27. The van der Waals surface area contributed by atoms with Crippen molar-refractivity contribution >= 4 is 0 Å². The number of aryl methyl sites for hydroxylation is 1. The van der Waals surface area contributed by atoms with Crippen molar-refractivity contribution in [2.75, 3.05) is 0 Å². The Morgan fingerprint density at radius 3 is 2.67 bits per heavy atom. The van der Waals surface area contributed by atoms with Gasteiger partial charge in [0.2, 0.25) is 5.95 Å². The van der Waals surface area contributed by atoms with Gasteiger partial charge < -0.3 is 4.74 Å². The molecule has 1 aromatic heterocycles. The van der Waals surface area contributed by atoms with Crippen molar-refractivity contribution in [3.05, 3.63) is 54.1 Å². The number of rotatable bonds is 2. The van der Waals surface area contributed by atoms with Crippen LogP contribution in [0.4, 0.5) is 4.39 Å². The summed E-state index contributed by atoms with van der Waals surface area (Å²) in [7, 11) is 0. The molecule has 1 aromatic carbocycles. The Kier molecular flexibility index (Phi) is 2.63. The molecule has 0 amide bonds. The minimum absolute atomic E-state index is 0.452. The molecule has 0 spiro atoms. The Bertz CT molecular complexity index is 427. The van der Waals surface area contributed by atoms with Crippen molar-refractivity contribution in [1.29, 1.82) is 0 Å². The summed E-state index contributed by atoms with van der Waals surface area (Å²) < 4.78 is 18.2. The van der Waals surface area contributed by atoms with Crippen molar-refractivity contribution in [3.8, 4) is 11.5 Å². The quantitative estimate of drug-likeness (QED) is 0.698. The fraction of sp³-hybridized carbons (Fsp3) is 0.0833. The largest absolute Gasteiger partial charge is 0.457 e. The predicted molar refractivity (Wildman–Crippen MR) is 55.4 cm³/mol. The number of halogens is 1. The highest BCUT2D eigenvalue weighted by Crippen LogP contribution is 2.21. The second-order valence-electron chi connectivity index (χ2n) is 3.23. The van der Waals surface area contributed by atoms with Crippen LogP contribution in [-0.4, -0.2) is 4.98 Å². The summed E-state index contributed by atoms with van der Waals surface area (Å²) in [4.78, 5) is 3.45. The van der Waals surface area contributed by atoms with Crippen LogP contribution in [-0.2, 0) is 0 Å². The van der Waals surface area contributed by atoms with Gasteiger partial charge in [-0.05, 0) is 30.7 Å². The summed E-state index contributed by atoms with van der Waals surface area (Å²) in [5, 5.41) is 0. The molecular formula is C12H10FNO. The molecule has 0 atom stereocenters. The maximum Gasteiger partial charge on any atom is 0.216 e. The molecule has 1 heterocycles. The topological polar surface area (TPSA) is 22.1 Å². The van der Waals surface area contributed by atoms with Crippen molar-refractivity contribution in [2.45, 2.75) is 6.92 Å². The molecule has 15 heavy (non-hydrogen) atoms. The van der Waals surface area contributed by atoms with Gasteiger partial charge in [-0.1, -0.05) is 12.1 Å². The highest BCUT2D eigenvalue weighted by atomic mass is 19.1. The van der Waals surface area contributed by atoms with E-state index in [2.05, 4.69) is 4.98 Å². The van der Waals surface area contributed by atoms with Gasteiger partial charge in [-0.3, -0.25) is 0 Å². The lowest BCUT2D eigenvalue weighted by molar-refractivity contribution is 0.472. The lowest BCUT2D eigenvalue weighted by Gasteiger charge is -2.05. The van der Waals surface area contributed by atoms with E-state index in [9.17, 15) is 4.39 Å². The van der Waals surface area contributed by atoms with Crippen LogP contribution in [0.5, 0.6) is 11.5 Å². The number of benzene rings is 1. The fourth-order valence-corrected chi connectivity index (χ4v) is 1.26. The van der Waals surface area contributed by atoms with Crippen molar-refractivity contribution in [2.24, 2.45) is 0 Å². The van der Waals surface area contributed by atoms with E-state index in [1.165, 1.54) is 12.3 Å². The van der Waals surface area contributed by atoms with Crippen molar-refractivity contribution in [3.63, 3.8) is 0 Å². The fourth-order valence-electron chi connectivity index (χ4n) is 1.26. The van der Waals surface area contributed by atoms with E-state index < -0.39 is 5.95 Å². The number of ether oxygens (including phenoxy) is 1. The summed E-state index contributed by atoms with van der Waals surface area (Å²) in [5.41, 5.74) is 1.10. The summed E-state index contributed by atoms with van der Waals surface area (Å²) in [6.45, 7) is 1.97. The van der Waals surface area contributed by atoms with Gasteiger partial charge in [0.25, 0.3) is 0 Å². The monoisotopic (exact) mass is 203 g/mol. The standard InChI is InChI=1S/C12H10FNO/c1-9-3-2-4-10(7-9)15-11-5-6-14-12(13)8-11/h2-8H,1H3. The molecule has 0 aliphatic carbocycles. The maximum absolute atomic E-state index is 12.8. The van der Waals surface area contributed by atoms with Crippen LogP contribution in [0, 0.1) is 12.9 Å². The Morgan fingerprint density at radius 2 is 1.93 bits per heavy atom. The lowest BCUT2D eigenvalue weighted by atomic mass is 10.2. The van der Waals surface area contributed by atoms with Crippen LogP contribution in [0.15, 0.2) is 42.6 Å². The summed E-state index contributed by atoms with van der Waals surface area (Å²) in [6.07, 6.45) is 1.38. The molecule has 0 saturated carbocycles. The average Bonchev–Trinajstić information content (AvgIpc) is 2.17. The SMILES string of the molecule is Cc1cccc(Oc2ccnc(F)c2)c1. The highest BCUT2D eigenvalue weighted by molar-refractivity contribution is 5.32. The molecule has 0 radical (unpaired) electrons. The van der Waals surface area contributed by atoms with Crippen LogP contribution in [0.3, 0.4) is 0 Å². The first-order valence-corrected chi connectivity index (χ1v) is 4.60. The van der Waals surface area contributed by atoms with Gasteiger partial charge in [-0.25, -0.2) is 4.98 Å². The van der Waals surface area contributed by atoms with E-state index in [1.807, 2.05) is 31.2 Å². The Hall–Kier alpha value is -1.90. The van der Waals surface area contributed by atoms with Crippen LogP contribution in [0.1, 0.15) is 5.56 Å². The zero-order valence-corrected chi connectivity index (χ0v) is 8.27. The van der Waals surface area contributed by atoms with Gasteiger partial charge in [0.1, 0.15) is 11.5 Å². The van der Waals surface area contributed by atoms with Gasteiger partial charge >= 0.3 is 0 Å². The number of hydrogen-bond acceptors (Lipinski definition) is 2. The summed E-state index contributed by atoms with van der Waals surface area (Å²) in [6, 6.07) is 10.4. The minimum atomic E-state index is -0.542. The van der Waals surface area contributed by atoms with Gasteiger partial charge in [0.15, 0.2) is 0 Å². The second kappa shape index (κ2) is 4.09. The third-order valence-corrected chi connectivity index (χ3v) is 1.92. The molecule has 2 nitrogen and oxygen atoms in total. The average molecular weight is 203 g/mol. The number of pyridine rings is 1. The van der Waals surface area contributed by atoms with Crippen LogP contribution in [0.2, 0.25) is 0 Å². The van der Waals surface area contributed by atoms with E-state index >= 15 is 0 Å². The van der Waals surface area contributed by atoms with Crippen molar-refractivity contribution in [1.82, 2.24) is 4.98 Å². The molecule has 0 N–H and O–H groups in total. The van der Waals surface area contributed by atoms with Crippen LogP contribution < -0.4 is 4.74 Å². The third-order valence-electron chi connectivity index (χ3n) is 1.92. The second-order valence-corrected chi connectivity index (χ2v) is 3.23. The first kappa shape index (κ1) is 9.65. The van der Waals surface area contributed by atoms with Gasteiger partial charge in [-0.15, -0.1) is 0 Å². The Balaban J connectivity index is 2.22. The molecule has 3 heteroatoms. The molecule has 0 aliphatic heterocycles. The van der Waals surface area contributed by atoms with Crippen LogP contribution in [0.25, 0.3) is 0 Å². The first-order chi connectivity index (χ1) is 7.24. The summed E-state index contributed by atoms with van der Waals surface area (Å²) in [5.74, 6) is 0.605. The number of hydrogen-bond donors (Lipinski definition) is 0. The molecule has 0 fully saturated rings. The molecule has 2 rings (SSSR count). The number of aromatic nitrogens is 1. The summed E-state index contributed by atoms with van der Waals surface area (Å²) >= 11 is 0. The molecule has 0 unspecified atom stereocenters. The van der Waals surface area contributed by atoms with Crippen LogP contribution >= 0.6 is 0 Å². The highest BCUT2D eigenvalue weighted by Gasteiger charge is 1.99. The van der Waals surface area contributed by atoms with Gasteiger partial charge in [0, 0.05) is 12.3 Å². The van der Waals surface area contributed by atoms with E-state index in [1.54, 1.807) is 6.07 Å². The van der Waals surface area contributed by atoms with E-state index in [-0.39, 0.29) is 0 Å². The molecule has 0 saturated heterocycles. The van der Waals surface area contributed by atoms with Gasteiger partial charge in [0.05, 0.1) is 0 Å². The molecule has 0 bridgehead atoms. The normalized spacial score (nSPS) is 10.0. The van der Waals surface area contributed by atoms with Gasteiger partial charge in [-0.2, -0.15) is 4.39 Å². The molecular weight excluding hydrogens is 193 g/mol. The van der Waals surface area contributed by atoms with E-state index in [4.69, 9.17) is 4.74 Å². The maximum atomic E-state index is 12.8. The molecule has 76 valence electrons. The van der Waals surface area contributed by atoms with E-state index in [0.717, 1.165) is 5.56 Å². The number of nitrogens with zero attached hydrogens (tertiary/aromatic N) is 1. The Morgan fingerprint density at radius 1 is 1.13 bits per heavy atom. The lowest BCUT2D eigenvalue weighted by Crippen LogP contribution is -1.87. The Labute approximate surface area is 87.4 Å². The predicted octanol–water partition coefficient (Wildman–Crippen LogP) is 3.32. The third kappa shape index (κ3) is 2.53. The molecule has 0 aliphatic rings. The van der Waals surface area contributed by atoms with E-state index in [0.29, 0.717) is 11.5 Å². The first-order valence-electron chi connectivity index (χ1n) is 4.60. The van der Waals surface area contributed by atoms with Crippen molar-refractivity contribution < 1.29 is 9.13 Å². The smallest absolute Gasteiger partial charge is 0.216 e. The molecule has 2 aromatic rings. The zero-order chi connectivity index (χ0) is 10.7.